The second kappa shape index (κ2) is 4.37. The summed E-state index contributed by atoms with van der Waals surface area (Å²) in [7, 11) is 0. The monoisotopic (exact) mass is 242 g/mol. The molecule has 13 heavy (non-hydrogen) atoms. The Labute approximate surface area is 85.0 Å². The van der Waals surface area contributed by atoms with Crippen LogP contribution in [0.5, 0.6) is 0 Å². The van der Waals surface area contributed by atoms with E-state index in [1.807, 2.05) is 6.07 Å². The van der Waals surface area contributed by atoms with Gasteiger partial charge in [-0.1, -0.05) is 28.1 Å². The second-order valence-electron chi connectivity index (χ2n) is 2.61. The van der Waals surface area contributed by atoms with Gasteiger partial charge in [-0.05, 0) is 18.9 Å². The van der Waals surface area contributed by atoms with Gasteiger partial charge < -0.3 is 0 Å². The van der Waals surface area contributed by atoms with E-state index in [0.717, 1.165) is 17.3 Å². The Morgan fingerprint density at radius 2 is 2.23 bits per heavy atom. The molecule has 0 aliphatic rings. The third-order valence-corrected chi connectivity index (χ3v) is 2.21. The highest BCUT2D eigenvalue weighted by atomic mass is 79.9. The summed E-state index contributed by atoms with van der Waals surface area (Å²) < 4.78 is 0. The van der Waals surface area contributed by atoms with Gasteiger partial charge in [0.25, 0.3) is 5.69 Å². The maximum Gasteiger partial charge on any atom is 0.272 e. The van der Waals surface area contributed by atoms with E-state index in [1.54, 1.807) is 6.07 Å². The predicted octanol–water partition coefficient (Wildman–Crippen LogP) is 2.71. The quantitative estimate of drug-likeness (QED) is 0.465. The molecule has 1 aromatic carbocycles. The van der Waals surface area contributed by atoms with Crippen LogP contribution in [0.4, 0.5) is 5.69 Å². The van der Waals surface area contributed by atoms with E-state index in [1.165, 1.54) is 6.07 Å². The van der Waals surface area contributed by atoms with Gasteiger partial charge >= 0.3 is 0 Å². The fourth-order valence-corrected chi connectivity index (χ4v) is 1.56. The number of rotatable bonds is 3. The highest BCUT2D eigenvalue weighted by Gasteiger charge is 2.12. The molecule has 0 spiro atoms. The fraction of sp³-hybridized carbons (Fsp3) is 0.222. The van der Waals surface area contributed by atoms with Crippen molar-refractivity contribution in [3.8, 4) is 0 Å². The Morgan fingerprint density at radius 1 is 1.54 bits per heavy atom. The van der Waals surface area contributed by atoms with Gasteiger partial charge in [0, 0.05) is 17.0 Å². The van der Waals surface area contributed by atoms with Crippen molar-refractivity contribution in [1.29, 1.82) is 0 Å². The second-order valence-corrected chi connectivity index (χ2v) is 3.40. The lowest BCUT2D eigenvalue weighted by molar-refractivity contribution is -0.385. The van der Waals surface area contributed by atoms with Gasteiger partial charge in [0.05, 0.1) is 4.92 Å². The molecule has 4 heteroatoms. The fourth-order valence-electron chi connectivity index (χ4n) is 1.13. The molecule has 1 radical (unpaired) electrons. The minimum Gasteiger partial charge on any atom is -0.258 e. The van der Waals surface area contributed by atoms with Crippen LogP contribution < -0.4 is 0 Å². The summed E-state index contributed by atoms with van der Waals surface area (Å²) in [5.74, 6) is 0. The third-order valence-electron chi connectivity index (χ3n) is 1.81. The highest BCUT2D eigenvalue weighted by Crippen LogP contribution is 2.21. The molecule has 0 saturated heterocycles. The molecule has 1 aromatic rings. The molecule has 0 aliphatic carbocycles. The molecule has 0 bridgehead atoms. The molecule has 0 amide bonds. The molecule has 0 aliphatic heterocycles. The van der Waals surface area contributed by atoms with Crippen LogP contribution in [0.3, 0.4) is 0 Å². The van der Waals surface area contributed by atoms with Gasteiger partial charge in [-0.3, -0.25) is 10.1 Å². The summed E-state index contributed by atoms with van der Waals surface area (Å²) in [6, 6.07) is 5.02. The molecule has 1 rings (SSSR count). The molecule has 0 saturated carbocycles. The van der Waals surface area contributed by atoms with Crippen molar-refractivity contribution < 1.29 is 4.92 Å². The van der Waals surface area contributed by atoms with Gasteiger partial charge in [-0.25, -0.2) is 0 Å². The normalized spacial score (nSPS) is 10.0. The van der Waals surface area contributed by atoms with Crippen molar-refractivity contribution in [2.24, 2.45) is 0 Å². The molecule has 0 fully saturated rings. The minimum atomic E-state index is -0.403. The van der Waals surface area contributed by atoms with E-state index >= 15 is 0 Å². The summed E-state index contributed by atoms with van der Waals surface area (Å²) in [5, 5.41) is 11.3. The summed E-state index contributed by atoms with van der Waals surface area (Å²) in [5.41, 5.74) is 1.54. The molecule has 0 aromatic heterocycles. The van der Waals surface area contributed by atoms with Crippen LogP contribution in [0.15, 0.2) is 18.2 Å². The van der Waals surface area contributed by atoms with Crippen LogP contribution in [0, 0.1) is 17.0 Å². The molecule has 0 unspecified atom stereocenters. The molecule has 0 atom stereocenters. The summed E-state index contributed by atoms with van der Waals surface area (Å²) in [6.45, 7) is 3.70. The van der Waals surface area contributed by atoms with E-state index in [4.69, 9.17) is 0 Å². The van der Waals surface area contributed by atoms with Crippen molar-refractivity contribution in [2.45, 2.75) is 6.42 Å². The van der Waals surface area contributed by atoms with Crippen molar-refractivity contribution in [3.05, 3.63) is 46.4 Å². The van der Waals surface area contributed by atoms with Crippen LogP contribution in [0.1, 0.15) is 11.1 Å². The lowest BCUT2D eigenvalue weighted by atomic mass is 10.1. The van der Waals surface area contributed by atoms with Crippen molar-refractivity contribution in [3.63, 3.8) is 0 Å². The maximum absolute atomic E-state index is 10.5. The lowest BCUT2D eigenvalue weighted by Crippen LogP contribution is -1.96. The average molecular weight is 243 g/mol. The summed E-state index contributed by atoms with van der Waals surface area (Å²) in [4.78, 5) is 10.1. The maximum atomic E-state index is 10.5. The van der Waals surface area contributed by atoms with Crippen molar-refractivity contribution in [2.75, 3.05) is 5.33 Å². The Morgan fingerprint density at radius 3 is 2.77 bits per heavy atom. The average Bonchev–Trinajstić information content (AvgIpc) is 2.08. The van der Waals surface area contributed by atoms with E-state index in [0.29, 0.717) is 5.56 Å². The number of aryl methyl sites for hydroxylation is 1. The van der Waals surface area contributed by atoms with Crippen LogP contribution >= 0.6 is 15.9 Å². The van der Waals surface area contributed by atoms with E-state index < -0.39 is 4.92 Å². The molecule has 3 nitrogen and oxygen atoms in total. The number of hydrogen-bond donors (Lipinski definition) is 0. The summed E-state index contributed by atoms with van der Waals surface area (Å²) in [6.07, 6.45) is 0.764. The molecule has 69 valence electrons. The third kappa shape index (κ3) is 2.28. The minimum absolute atomic E-state index is 0.0958. The Bertz CT molecular complexity index is 325. The lowest BCUT2D eigenvalue weighted by Gasteiger charge is -2.03. The standard InChI is InChI=1S/C9H9BrNO2/c1-7-8(5-6-10)3-2-4-9(7)11(12)13/h2-4H,1,5-6H2. The van der Waals surface area contributed by atoms with Crippen molar-refractivity contribution >= 4 is 21.6 Å². The molecular weight excluding hydrogens is 234 g/mol. The molecular formula is C9H9BrNO2. The first-order valence-electron chi connectivity index (χ1n) is 3.81. The smallest absolute Gasteiger partial charge is 0.258 e. The first-order valence-corrected chi connectivity index (χ1v) is 4.93. The highest BCUT2D eigenvalue weighted by molar-refractivity contribution is 9.09. The first kappa shape index (κ1) is 10.2. The van der Waals surface area contributed by atoms with Crippen LogP contribution in [-0.2, 0) is 6.42 Å². The van der Waals surface area contributed by atoms with Gasteiger partial charge in [-0.15, -0.1) is 0 Å². The predicted molar refractivity (Wildman–Crippen MR) is 55.1 cm³/mol. The van der Waals surface area contributed by atoms with Crippen molar-refractivity contribution in [1.82, 2.24) is 0 Å². The zero-order chi connectivity index (χ0) is 9.84. The van der Waals surface area contributed by atoms with E-state index in [-0.39, 0.29) is 5.69 Å². The number of nitro groups is 1. The zero-order valence-corrected chi connectivity index (χ0v) is 8.58. The Kier molecular flexibility index (Phi) is 3.42. The van der Waals surface area contributed by atoms with E-state index in [2.05, 4.69) is 22.9 Å². The topological polar surface area (TPSA) is 43.1 Å². The van der Waals surface area contributed by atoms with Crippen LogP contribution in [-0.4, -0.2) is 10.3 Å². The van der Waals surface area contributed by atoms with Gasteiger partial charge in [0.2, 0.25) is 0 Å². The van der Waals surface area contributed by atoms with Crippen LogP contribution in [0.2, 0.25) is 0 Å². The van der Waals surface area contributed by atoms with Gasteiger partial charge in [-0.2, -0.15) is 0 Å². The first-order chi connectivity index (χ1) is 6.16. The number of nitrogens with zero attached hydrogens (tertiary/aromatic N) is 1. The largest absolute Gasteiger partial charge is 0.272 e. The Hall–Kier alpha value is -0.900. The number of halogens is 1. The zero-order valence-electron chi connectivity index (χ0n) is 7.00. The van der Waals surface area contributed by atoms with E-state index in [9.17, 15) is 10.1 Å². The summed E-state index contributed by atoms with van der Waals surface area (Å²) >= 11 is 3.28. The van der Waals surface area contributed by atoms with Gasteiger partial charge in [0.15, 0.2) is 0 Å². The molecule has 0 N–H and O–H groups in total. The van der Waals surface area contributed by atoms with Crippen LogP contribution in [0.25, 0.3) is 0 Å². The number of hydrogen-bond acceptors (Lipinski definition) is 2. The Balaban J connectivity index is 3.10. The number of alkyl halides is 1. The number of benzene rings is 1. The molecule has 0 heterocycles. The SMILES string of the molecule is [CH2]c1c(CCBr)cccc1[N+](=O)[O-]. The van der Waals surface area contributed by atoms with Gasteiger partial charge in [0.1, 0.15) is 0 Å². The number of nitro benzene ring substituents is 1.